The molecule has 4 nitrogen and oxygen atoms in total. The molecule has 0 N–H and O–H groups in total. The highest BCUT2D eigenvalue weighted by Crippen LogP contribution is 2.26. The van der Waals surface area contributed by atoms with Crippen molar-refractivity contribution in [3.8, 4) is 0 Å². The Kier molecular flexibility index (Phi) is 3.16. The maximum Gasteiger partial charge on any atom is 0.171 e. The first-order chi connectivity index (χ1) is 8.34. The third-order valence-electron chi connectivity index (χ3n) is 3.74. The zero-order valence-corrected chi connectivity index (χ0v) is 10.6. The van der Waals surface area contributed by atoms with Gasteiger partial charge in [0.05, 0.1) is 0 Å². The molecule has 0 bridgehead atoms. The largest absolute Gasteiger partial charge is 0.352 e. The van der Waals surface area contributed by atoms with Crippen molar-refractivity contribution in [2.75, 3.05) is 31.1 Å². The Balaban J connectivity index is 1.81. The molecule has 1 atom stereocenters. The molecule has 0 aromatic carbocycles. The lowest BCUT2D eigenvalue weighted by atomic mass is 10.2. The summed E-state index contributed by atoms with van der Waals surface area (Å²) in [5, 5.41) is 0.527. The summed E-state index contributed by atoms with van der Waals surface area (Å²) in [5.41, 5.74) is 0. The van der Waals surface area contributed by atoms with Crippen molar-refractivity contribution in [2.24, 2.45) is 0 Å². The van der Waals surface area contributed by atoms with Gasteiger partial charge in [-0.2, -0.15) is 0 Å². The normalized spacial score (nSPS) is 25.7. The third-order valence-corrected chi connectivity index (χ3v) is 4.01. The summed E-state index contributed by atoms with van der Waals surface area (Å²) < 4.78 is 0. The van der Waals surface area contributed by atoms with Gasteiger partial charge in [0.1, 0.15) is 0 Å². The molecule has 0 spiro atoms. The van der Waals surface area contributed by atoms with Crippen molar-refractivity contribution >= 4 is 17.4 Å². The minimum atomic E-state index is 0.527. The maximum atomic E-state index is 6.12. The van der Waals surface area contributed by atoms with Crippen molar-refractivity contribution in [3.63, 3.8) is 0 Å². The Morgan fingerprint density at radius 3 is 2.82 bits per heavy atom. The van der Waals surface area contributed by atoms with Gasteiger partial charge in [0.2, 0.25) is 0 Å². The summed E-state index contributed by atoms with van der Waals surface area (Å²) in [4.78, 5) is 13.4. The SMILES string of the molecule is Clc1nccnc1N1CCCN2CCCC2C1. The van der Waals surface area contributed by atoms with Crippen molar-refractivity contribution < 1.29 is 0 Å². The Morgan fingerprint density at radius 2 is 1.94 bits per heavy atom. The molecule has 0 amide bonds. The number of nitrogens with zero attached hydrogens (tertiary/aromatic N) is 4. The van der Waals surface area contributed by atoms with E-state index in [1.807, 2.05) is 0 Å². The minimum absolute atomic E-state index is 0.527. The van der Waals surface area contributed by atoms with Gasteiger partial charge in [-0.3, -0.25) is 4.90 Å². The maximum absolute atomic E-state index is 6.12. The third kappa shape index (κ3) is 2.24. The monoisotopic (exact) mass is 252 g/mol. The fourth-order valence-electron chi connectivity index (χ4n) is 2.92. The number of halogens is 1. The van der Waals surface area contributed by atoms with Crippen LogP contribution in [0.3, 0.4) is 0 Å². The number of anilines is 1. The average molecular weight is 253 g/mol. The van der Waals surface area contributed by atoms with Gasteiger partial charge in [-0.15, -0.1) is 0 Å². The molecular weight excluding hydrogens is 236 g/mol. The van der Waals surface area contributed by atoms with Gasteiger partial charge in [-0.05, 0) is 25.8 Å². The number of hydrogen-bond acceptors (Lipinski definition) is 4. The lowest BCUT2D eigenvalue weighted by Crippen LogP contribution is -2.37. The molecule has 0 saturated carbocycles. The van der Waals surface area contributed by atoms with E-state index in [-0.39, 0.29) is 0 Å². The van der Waals surface area contributed by atoms with E-state index in [4.69, 9.17) is 11.6 Å². The van der Waals surface area contributed by atoms with Crippen LogP contribution in [0.2, 0.25) is 5.15 Å². The molecule has 2 aliphatic rings. The van der Waals surface area contributed by atoms with E-state index in [2.05, 4.69) is 19.8 Å². The van der Waals surface area contributed by atoms with Gasteiger partial charge >= 0.3 is 0 Å². The Hall–Kier alpha value is -0.870. The number of aromatic nitrogens is 2. The first-order valence-electron chi connectivity index (χ1n) is 6.30. The highest BCUT2D eigenvalue weighted by atomic mass is 35.5. The van der Waals surface area contributed by atoms with Crippen LogP contribution in [0.5, 0.6) is 0 Å². The van der Waals surface area contributed by atoms with Crippen molar-refractivity contribution in [1.82, 2.24) is 14.9 Å². The summed E-state index contributed by atoms with van der Waals surface area (Å²) >= 11 is 6.12. The Bertz CT molecular complexity index is 398. The van der Waals surface area contributed by atoms with Crippen LogP contribution in [0.4, 0.5) is 5.82 Å². The lowest BCUT2D eigenvalue weighted by Gasteiger charge is -2.26. The van der Waals surface area contributed by atoms with Gasteiger partial charge in [0.15, 0.2) is 11.0 Å². The molecule has 3 heterocycles. The molecule has 5 heteroatoms. The number of fused-ring (bicyclic) bond motifs is 1. The molecule has 1 aromatic heterocycles. The predicted octanol–water partition coefficient (Wildman–Crippen LogP) is 1.80. The fraction of sp³-hybridized carbons (Fsp3) is 0.667. The summed E-state index contributed by atoms with van der Waals surface area (Å²) in [6, 6.07) is 0.676. The second-order valence-electron chi connectivity index (χ2n) is 4.80. The molecule has 2 saturated heterocycles. The van der Waals surface area contributed by atoms with E-state index in [0.717, 1.165) is 18.9 Å². The van der Waals surface area contributed by atoms with Crippen LogP contribution in [0.25, 0.3) is 0 Å². The van der Waals surface area contributed by atoms with Gasteiger partial charge in [0.25, 0.3) is 0 Å². The highest BCUT2D eigenvalue weighted by molar-refractivity contribution is 6.31. The first-order valence-corrected chi connectivity index (χ1v) is 6.68. The summed E-state index contributed by atoms with van der Waals surface area (Å²) in [7, 11) is 0. The van der Waals surface area contributed by atoms with Gasteiger partial charge in [0, 0.05) is 38.1 Å². The van der Waals surface area contributed by atoms with Gasteiger partial charge in [-0.25, -0.2) is 9.97 Å². The molecule has 17 heavy (non-hydrogen) atoms. The van der Waals surface area contributed by atoms with Crippen LogP contribution in [0.1, 0.15) is 19.3 Å². The second-order valence-corrected chi connectivity index (χ2v) is 5.16. The standard InChI is InChI=1S/C12H17ClN4/c13-11-12(15-5-4-14-11)17-8-2-7-16-6-1-3-10(16)9-17/h4-5,10H,1-3,6-9H2. The molecule has 2 fully saturated rings. The minimum Gasteiger partial charge on any atom is -0.352 e. The number of hydrogen-bond donors (Lipinski definition) is 0. The summed E-state index contributed by atoms with van der Waals surface area (Å²) in [5.74, 6) is 0.850. The smallest absolute Gasteiger partial charge is 0.171 e. The predicted molar refractivity (Wildman–Crippen MR) is 68.5 cm³/mol. The zero-order valence-electron chi connectivity index (χ0n) is 9.85. The first kappa shape index (κ1) is 11.2. The zero-order chi connectivity index (χ0) is 11.7. The van der Waals surface area contributed by atoms with Crippen LogP contribution in [0, 0.1) is 0 Å². The molecular formula is C12H17ClN4. The molecule has 2 aliphatic heterocycles. The van der Waals surface area contributed by atoms with Crippen LogP contribution >= 0.6 is 11.6 Å². The highest BCUT2D eigenvalue weighted by Gasteiger charge is 2.29. The van der Waals surface area contributed by atoms with Crippen LogP contribution in [-0.4, -0.2) is 47.1 Å². The summed E-state index contributed by atoms with van der Waals surface area (Å²) in [6.45, 7) is 4.54. The van der Waals surface area contributed by atoms with Gasteiger partial charge < -0.3 is 4.90 Å². The van der Waals surface area contributed by atoms with E-state index in [1.54, 1.807) is 12.4 Å². The van der Waals surface area contributed by atoms with Crippen LogP contribution in [0.15, 0.2) is 12.4 Å². The van der Waals surface area contributed by atoms with E-state index < -0.39 is 0 Å². The molecule has 3 rings (SSSR count). The molecule has 1 unspecified atom stereocenters. The summed E-state index contributed by atoms with van der Waals surface area (Å²) in [6.07, 6.45) is 7.18. The van der Waals surface area contributed by atoms with E-state index in [1.165, 1.54) is 32.4 Å². The van der Waals surface area contributed by atoms with Crippen molar-refractivity contribution in [2.45, 2.75) is 25.3 Å². The van der Waals surface area contributed by atoms with Gasteiger partial charge in [-0.1, -0.05) is 11.6 Å². The fourth-order valence-corrected chi connectivity index (χ4v) is 3.15. The molecule has 1 aromatic rings. The second kappa shape index (κ2) is 4.78. The van der Waals surface area contributed by atoms with Crippen LogP contribution in [-0.2, 0) is 0 Å². The topological polar surface area (TPSA) is 32.3 Å². The molecule has 0 aliphatic carbocycles. The Labute approximate surface area is 107 Å². The van der Waals surface area contributed by atoms with E-state index >= 15 is 0 Å². The van der Waals surface area contributed by atoms with Crippen molar-refractivity contribution in [1.29, 1.82) is 0 Å². The van der Waals surface area contributed by atoms with Crippen LogP contribution < -0.4 is 4.90 Å². The van der Waals surface area contributed by atoms with E-state index in [9.17, 15) is 0 Å². The van der Waals surface area contributed by atoms with E-state index in [0.29, 0.717) is 11.2 Å². The average Bonchev–Trinajstić information content (AvgIpc) is 2.68. The molecule has 92 valence electrons. The number of rotatable bonds is 1. The van der Waals surface area contributed by atoms with Crippen molar-refractivity contribution in [3.05, 3.63) is 17.5 Å². The molecule has 0 radical (unpaired) electrons. The quantitative estimate of drug-likeness (QED) is 0.763. The lowest BCUT2D eigenvalue weighted by molar-refractivity contribution is 0.273. The Morgan fingerprint density at radius 1 is 1.12 bits per heavy atom.